The largest absolute Gasteiger partial charge is 0.344 e. The van der Waals surface area contributed by atoms with E-state index in [9.17, 15) is 0 Å². The monoisotopic (exact) mass is 252 g/mol. The second-order valence-corrected chi connectivity index (χ2v) is 4.80. The molecule has 3 aromatic carbocycles. The zero-order valence-electron chi connectivity index (χ0n) is 9.44. The van der Waals surface area contributed by atoms with Crippen LogP contribution in [0.1, 0.15) is 0 Å². The van der Waals surface area contributed by atoms with Crippen LogP contribution in [0, 0.1) is 0 Å². The molecule has 4 rings (SSSR count). The van der Waals surface area contributed by atoms with E-state index in [2.05, 4.69) is 22.1 Å². The smallest absolute Gasteiger partial charge is 0.0967 e. The van der Waals surface area contributed by atoms with Gasteiger partial charge in [0.1, 0.15) is 0 Å². The minimum Gasteiger partial charge on any atom is -0.344 e. The van der Waals surface area contributed by atoms with Gasteiger partial charge in [-0.3, -0.25) is 0 Å². The SMILES string of the molecule is Clc1ccc2c(c1)c1ccccc1c1nc[nH]c21. The van der Waals surface area contributed by atoms with E-state index in [1.807, 2.05) is 30.3 Å². The molecule has 0 radical (unpaired) electrons. The summed E-state index contributed by atoms with van der Waals surface area (Å²) in [6.45, 7) is 0. The van der Waals surface area contributed by atoms with Crippen LogP contribution in [0.25, 0.3) is 32.6 Å². The van der Waals surface area contributed by atoms with Crippen LogP contribution in [-0.4, -0.2) is 9.97 Å². The Balaban J connectivity index is 2.44. The van der Waals surface area contributed by atoms with Crippen LogP contribution in [0.4, 0.5) is 0 Å². The number of hydrogen-bond donors (Lipinski definition) is 1. The maximum absolute atomic E-state index is 6.12. The lowest BCUT2D eigenvalue weighted by Crippen LogP contribution is -1.82. The lowest BCUT2D eigenvalue weighted by molar-refractivity contribution is 1.35. The van der Waals surface area contributed by atoms with Gasteiger partial charge >= 0.3 is 0 Å². The summed E-state index contributed by atoms with van der Waals surface area (Å²) in [5.74, 6) is 0. The minimum atomic E-state index is 0.756. The van der Waals surface area contributed by atoms with Gasteiger partial charge in [-0.25, -0.2) is 4.98 Å². The van der Waals surface area contributed by atoms with Crippen LogP contribution in [0.2, 0.25) is 5.02 Å². The van der Waals surface area contributed by atoms with E-state index in [0.717, 1.165) is 32.2 Å². The first-order chi connectivity index (χ1) is 8.84. The summed E-state index contributed by atoms with van der Waals surface area (Å²) in [5.41, 5.74) is 2.08. The first-order valence-electron chi connectivity index (χ1n) is 5.77. The van der Waals surface area contributed by atoms with Gasteiger partial charge in [0.2, 0.25) is 0 Å². The lowest BCUT2D eigenvalue weighted by atomic mass is 10.0. The molecule has 0 bridgehead atoms. The molecule has 1 heterocycles. The molecule has 4 aromatic rings. The summed E-state index contributed by atoms with van der Waals surface area (Å²) in [4.78, 5) is 7.65. The molecule has 0 atom stereocenters. The average molecular weight is 253 g/mol. The van der Waals surface area contributed by atoms with E-state index in [-0.39, 0.29) is 0 Å². The molecule has 18 heavy (non-hydrogen) atoms. The number of halogens is 1. The molecule has 0 fully saturated rings. The van der Waals surface area contributed by atoms with Crippen molar-refractivity contribution < 1.29 is 0 Å². The highest BCUT2D eigenvalue weighted by Gasteiger charge is 2.09. The average Bonchev–Trinajstić information content (AvgIpc) is 2.88. The third-order valence-electron chi connectivity index (χ3n) is 3.36. The molecular formula is C15H9ClN2. The number of benzene rings is 3. The van der Waals surface area contributed by atoms with Crippen molar-refractivity contribution in [1.82, 2.24) is 9.97 Å². The lowest BCUT2D eigenvalue weighted by Gasteiger charge is -2.06. The molecule has 0 aliphatic carbocycles. The molecule has 1 N–H and O–H groups in total. The number of aromatic nitrogens is 2. The number of aromatic amines is 1. The molecule has 0 amide bonds. The van der Waals surface area contributed by atoms with Crippen LogP contribution in [0.5, 0.6) is 0 Å². The third-order valence-corrected chi connectivity index (χ3v) is 3.60. The van der Waals surface area contributed by atoms with Gasteiger partial charge in [0.25, 0.3) is 0 Å². The molecule has 0 aliphatic rings. The van der Waals surface area contributed by atoms with Crippen LogP contribution in [-0.2, 0) is 0 Å². The molecule has 3 heteroatoms. The molecule has 0 unspecified atom stereocenters. The van der Waals surface area contributed by atoms with Crippen molar-refractivity contribution in [3.8, 4) is 0 Å². The molecule has 0 saturated heterocycles. The van der Waals surface area contributed by atoms with Crippen LogP contribution < -0.4 is 0 Å². The molecule has 86 valence electrons. The molecule has 2 nitrogen and oxygen atoms in total. The number of fused-ring (bicyclic) bond motifs is 6. The molecular weight excluding hydrogens is 244 g/mol. The molecule has 0 spiro atoms. The summed E-state index contributed by atoms with van der Waals surface area (Å²) in [5, 5.41) is 5.42. The van der Waals surface area contributed by atoms with Gasteiger partial charge in [-0.05, 0) is 22.9 Å². The predicted molar refractivity (Wildman–Crippen MR) is 76.1 cm³/mol. The summed E-state index contributed by atoms with van der Waals surface area (Å²) in [7, 11) is 0. The van der Waals surface area contributed by atoms with Crippen molar-refractivity contribution in [2.24, 2.45) is 0 Å². The quantitative estimate of drug-likeness (QED) is 0.458. The topological polar surface area (TPSA) is 28.7 Å². The maximum Gasteiger partial charge on any atom is 0.0967 e. The number of H-pyrrole nitrogens is 1. The fourth-order valence-corrected chi connectivity index (χ4v) is 2.76. The van der Waals surface area contributed by atoms with Crippen molar-refractivity contribution in [2.75, 3.05) is 0 Å². The number of nitrogens with one attached hydrogen (secondary N) is 1. The van der Waals surface area contributed by atoms with E-state index in [1.54, 1.807) is 6.33 Å². The van der Waals surface area contributed by atoms with Gasteiger partial charge in [-0.1, -0.05) is 41.9 Å². The zero-order valence-corrected chi connectivity index (χ0v) is 10.2. The second-order valence-electron chi connectivity index (χ2n) is 4.36. The van der Waals surface area contributed by atoms with E-state index in [0.29, 0.717) is 0 Å². The van der Waals surface area contributed by atoms with E-state index >= 15 is 0 Å². The normalized spacial score (nSPS) is 11.6. The fourth-order valence-electron chi connectivity index (χ4n) is 2.59. The second kappa shape index (κ2) is 3.47. The van der Waals surface area contributed by atoms with Gasteiger partial charge in [0.05, 0.1) is 17.4 Å². The Morgan fingerprint density at radius 1 is 0.889 bits per heavy atom. The molecule has 0 saturated carbocycles. The predicted octanol–water partition coefficient (Wildman–Crippen LogP) is 4.52. The molecule has 0 aliphatic heterocycles. The maximum atomic E-state index is 6.12. The minimum absolute atomic E-state index is 0.756. The summed E-state index contributed by atoms with van der Waals surface area (Å²) < 4.78 is 0. The van der Waals surface area contributed by atoms with Crippen molar-refractivity contribution in [1.29, 1.82) is 0 Å². The first kappa shape index (κ1) is 9.92. The van der Waals surface area contributed by atoms with E-state index < -0.39 is 0 Å². The molecule has 1 aromatic heterocycles. The van der Waals surface area contributed by atoms with Gasteiger partial charge in [-0.2, -0.15) is 0 Å². The number of hydrogen-bond acceptors (Lipinski definition) is 1. The van der Waals surface area contributed by atoms with Gasteiger partial charge in [-0.15, -0.1) is 0 Å². The van der Waals surface area contributed by atoms with Gasteiger partial charge in [0.15, 0.2) is 0 Å². The Hall–Kier alpha value is -2.06. The highest BCUT2D eigenvalue weighted by Crippen LogP contribution is 2.34. The third kappa shape index (κ3) is 1.21. The van der Waals surface area contributed by atoms with Crippen molar-refractivity contribution in [3.63, 3.8) is 0 Å². The Bertz CT molecular complexity index is 893. The van der Waals surface area contributed by atoms with E-state index in [4.69, 9.17) is 11.6 Å². The standard InChI is InChI=1S/C15H9ClN2/c16-9-5-6-12-13(7-9)10-3-1-2-4-11(10)14-15(12)18-8-17-14/h1-8H,(H,17,18). The summed E-state index contributed by atoms with van der Waals surface area (Å²) in [6.07, 6.45) is 1.74. The van der Waals surface area contributed by atoms with Gasteiger partial charge in [0, 0.05) is 15.8 Å². The van der Waals surface area contributed by atoms with Crippen molar-refractivity contribution >= 4 is 44.2 Å². The Morgan fingerprint density at radius 3 is 2.61 bits per heavy atom. The Morgan fingerprint density at radius 2 is 1.72 bits per heavy atom. The summed E-state index contributed by atoms with van der Waals surface area (Å²) >= 11 is 6.12. The van der Waals surface area contributed by atoms with E-state index in [1.165, 1.54) is 5.39 Å². The number of nitrogens with zero attached hydrogens (tertiary/aromatic N) is 1. The first-order valence-corrected chi connectivity index (χ1v) is 6.15. The fraction of sp³-hybridized carbons (Fsp3) is 0. The number of rotatable bonds is 0. The Kier molecular flexibility index (Phi) is 1.91. The van der Waals surface area contributed by atoms with Crippen molar-refractivity contribution in [2.45, 2.75) is 0 Å². The Labute approximate surface area is 108 Å². The highest BCUT2D eigenvalue weighted by molar-refractivity contribution is 6.33. The van der Waals surface area contributed by atoms with Crippen LogP contribution in [0.3, 0.4) is 0 Å². The van der Waals surface area contributed by atoms with Crippen LogP contribution >= 0.6 is 11.6 Å². The van der Waals surface area contributed by atoms with Crippen molar-refractivity contribution in [3.05, 3.63) is 53.8 Å². The zero-order chi connectivity index (χ0) is 12.1. The summed E-state index contributed by atoms with van der Waals surface area (Å²) in [6, 6.07) is 14.3. The van der Waals surface area contributed by atoms with Crippen LogP contribution in [0.15, 0.2) is 48.8 Å². The highest BCUT2D eigenvalue weighted by atomic mass is 35.5. The number of imidazole rings is 1. The van der Waals surface area contributed by atoms with Gasteiger partial charge < -0.3 is 4.98 Å².